The molecule has 2 atom stereocenters. The van der Waals surface area contributed by atoms with Crippen LogP contribution >= 0.6 is 11.6 Å². The fourth-order valence-electron chi connectivity index (χ4n) is 3.42. The molecule has 3 nitrogen and oxygen atoms in total. The van der Waals surface area contributed by atoms with Crippen LogP contribution in [-0.2, 0) is 9.84 Å². The molecule has 2 fully saturated rings. The molecule has 1 aromatic carbocycles. The topological polar surface area (TPSA) is 46.2 Å². The Morgan fingerprint density at radius 3 is 2.57 bits per heavy atom. The van der Waals surface area contributed by atoms with Crippen LogP contribution in [0.1, 0.15) is 38.5 Å². The molecule has 2 aliphatic carbocycles. The van der Waals surface area contributed by atoms with Crippen molar-refractivity contribution in [1.82, 2.24) is 0 Å². The van der Waals surface area contributed by atoms with E-state index in [-0.39, 0.29) is 0 Å². The molecule has 3 rings (SSSR count). The summed E-state index contributed by atoms with van der Waals surface area (Å²) >= 11 is 6.22. The van der Waals surface area contributed by atoms with E-state index in [2.05, 4.69) is 5.32 Å². The minimum Gasteiger partial charge on any atom is -0.381 e. The van der Waals surface area contributed by atoms with Crippen LogP contribution in [0.5, 0.6) is 0 Å². The number of rotatable bonds is 4. The normalized spacial score (nSPS) is 26.6. The summed E-state index contributed by atoms with van der Waals surface area (Å²) in [7, 11) is -3.20. The van der Waals surface area contributed by atoms with Crippen LogP contribution in [0.3, 0.4) is 0 Å². The van der Waals surface area contributed by atoms with E-state index in [9.17, 15) is 8.42 Å². The van der Waals surface area contributed by atoms with Crippen LogP contribution in [0.4, 0.5) is 5.69 Å². The molecular weight excluding hydrogens is 306 g/mol. The molecule has 0 radical (unpaired) electrons. The van der Waals surface area contributed by atoms with Crippen molar-refractivity contribution in [3.05, 3.63) is 23.2 Å². The number of hydrogen-bond donors (Lipinski definition) is 1. The maximum absolute atomic E-state index is 11.7. The molecule has 0 aromatic heterocycles. The summed E-state index contributed by atoms with van der Waals surface area (Å²) in [6.45, 7) is 0. The number of halogens is 1. The highest BCUT2D eigenvalue weighted by Crippen LogP contribution is 2.44. The summed E-state index contributed by atoms with van der Waals surface area (Å²) in [4.78, 5) is 0.323. The van der Waals surface area contributed by atoms with Gasteiger partial charge in [0.15, 0.2) is 9.84 Å². The van der Waals surface area contributed by atoms with Crippen molar-refractivity contribution < 1.29 is 8.42 Å². The summed E-state index contributed by atoms with van der Waals surface area (Å²) in [5, 5.41) is 4.07. The monoisotopic (exact) mass is 327 g/mol. The average molecular weight is 328 g/mol. The molecule has 0 aliphatic heterocycles. The van der Waals surface area contributed by atoms with E-state index < -0.39 is 9.84 Å². The molecule has 1 aromatic rings. The van der Waals surface area contributed by atoms with Crippen molar-refractivity contribution in [2.75, 3.05) is 11.6 Å². The molecule has 2 saturated carbocycles. The highest BCUT2D eigenvalue weighted by Gasteiger charge is 2.34. The Labute approximate surface area is 132 Å². The van der Waals surface area contributed by atoms with Gasteiger partial charge in [-0.05, 0) is 55.7 Å². The summed E-state index contributed by atoms with van der Waals surface area (Å²) in [6, 6.07) is 5.31. The lowest BCUT2D eigenvalue weighted by molar-refractivity contribution is 0.303. The Balaban J connectivity index is 1.74. The van der Waals surface area contributed by atoms with Crippen molar-refractivity contribution in [2.45, 2.75) is 49.5 Å². The quantitative estimate of drug-likeness (QED) is 0.904. The molecule has 0 bridgehead atoms. The third kappa shape index (κ3) is 3.72. The first-order valence-corrected chi connectivity index (χ1v) is 9.96. The Kier molecular flexibility index (Phi) is 4.19. The first kappa shape index (κ1) is 15.2. The van der Waals surface area contributed by atoms with Gasteiger partial charge in [-0.25, -0.2) is 8.42 Å². The van der Waals surface area contributed by atoms with Crippen molar-refractivity contribution in [2.24, 2.45) is 11.8 Å². The first-order chi connectivity index (χ1) is 9.93. The third-order valence-electron chi connectivity index (χ3n) is 4.73. The number of anilines is 1. The first-order valence-electron chi connectivity index (χ1n) is 7.69. The van der Waals surface area contributed by atoms with Crippen molar-refractivity contribution in [1.29, 1.82) is 0 Å². The molecule has 0 spiro atoms. The molecule has 2 aliphatic rings. The Morgan fingerprint density at radius 2 is 1.90 bits per heavy atom. The summed E-state index contributed by atoms with van der Waals surface area (Å²) in [5.41, 5.74) is 0.751. The molecular formula is C16H22ClNO2S. The third-order valence-corrected chi connectivity index (χ3v) is 6.17. The van der Waals surface area contributed by atoms with Gasteiger partial charge in [-0.3, -0.25) is 0 Å². The molecule has 0 amide bonds. The van der Waals surface area contributed by atoms with Gasteiger partial charge in [0.2, 0.25) is 0 Å². The maximum atomic E-state index is 11.7. The zero-order chi connectivity index (χ0) is 15.0. The Bertz CT molecular complexity index is 625. The number of sulfone groups is 1. The van der Waals surface area contributed by atoms with Gasteiger partial charge in [0.1, 0.15) is 0 Å². The second-order valence-electron chi connectivity index (χ2n) is 6.52. The molecule has 2 unspecified atom stereocenters. The van der Waals surface area contributed by atoms with E-state index in [1.54, 1.807) is 18.2 Å². The lowest BCUT2D eigenvalue weighted by Gasteiger charge is -2.31. The van der Waals surface area contributed by atoms with Gasteiger partial charge in [0, 0.05) is 12.3 Å². The predicted molar refractivity (Wildman–Crippen MR) is 86.7 cm³/mol. The zero-order valence-corrected chi connectivity index (χ0v) is 13.9. The molecule has 0 heterocycles. The van der Waals surface area contributed by atoms with Crippen LogP contribution in [-0.4, -0.2) is 20.7 Å². The van der Waals surface area contributed by atoms with Crippen LogP contribution < -0.4 is 5.32 Å². The minimum absolute atomic E-state index is 0.323. The van der Waals surface area contributed by atoms with Crippen LogP contribution in [0.15, 0.2) is 23.1 Å². The Morgan fingerprint density at radius 1 is 1.14 bits per heavy atom. The number of benzene rings is 1. The van der Waals surface area contributed by atoms with Gasteiger partial charge >= 0.3 is 0 Å². The summed E-state index contributed by atoms with van der Waals surface area (Å²) < 4.78 is 23.3. The fourth-order valence-corrected chi connectivity index (χ4v) is 4.24. The Hall–Kier alpha value is -0.740. The second kappa shape index (κ2) is 5.81. The largest absolute Gasteiger partial charge is 0.381 e. The van der Waals surface area contributed by atoms with Gasteiger partial charge < -0.3 is 5.32 Å². The lowest BCUT2D eigenvalue weighted by Crippen LogP contribution is -2.28. The van der Waals surface area contributed by atoms with Gasteiger partial charge in [-0.15, -0.1) is 0 Å². The zero-order valence-electron chi connectivity index (χ0n) is 12.3. The highest BCUT2D eigenvalue weighted by molar-refractivity contribution is 7.90. The molecule has 116 valence electrons. The number of nitrogens with one attached hydrogen (secondary N) is 1. The van der Waals surface area contributed by atoms with Crippen LogP contribution in [0, 0.1) is 11.8 Å². The SMILES string of the molecule is CS(=O)(=O)c1ccc(Cl)c(NC2CCCC(C3CC3)C2)c1. The summed E-state index contributed by atoms with van der Waals surface area (Å²) in [5.74, 6) is 1.78. The second-order valence-corrected chi connectivity index (χ2v) is 8.94. The van der Waals surface area contributed by atoms with Crippen molar-refractivity contribution >= 4 is 27.1 Å². The molecule has 0 saturated heterocycles. The van der Waals surface area contributed by atoms with E-state index >= 15 is 0 Å². The van der Waals surface area contributed by atoms with Crippen molar-refractivity contribution in [3.63, 3.8) is 0 Å². The molecule has 21 heavy (non-hydrogen) atoms. The predicted octanol–water partition coefficient (Wildman–Crippen LogP) is 4.12. The summed E-state index contributed by atoms with van der Waals surface area (Å²) in [6.07, 6.45) is 8.93. The van der Waals surface area contributed by atoms with Gasteiger partial charge in [0.25, 0.3) is 0 Å². The number of hydrogen-bond acceptors (Lipinski definition) is 3. The van der Waals surface area contributed by atoms with E-state index in [1.807, 2.05) is 0 Å². The average Bonchev–Trinajstić information content (AvgIpc) is 3.25. The van der Waals surface area contributed by atoms with Crippen LogP contribution in [0.2, 0.25) is 5.02 Å². The smallest absolute Gasteiger partial charge is 0.175 e. The van der Waals surface area contributed by atoms with Crippen LogP contribution in [0.25, 0.3) is 0 Å². The van der Waals surface area contributed by atoms with E-state index in [0.717, 1.165) is 23.9 Å². The van der Waals surface area contributed by atoms with Gasteiger partial charge in [-0.2, -0.15) is 0 Å². The fraction of sp³-hybridized carbons (Fsp3) is 0.625. The van der Waals surface area contributed by atoms with Gasteiger partial charge in [0.05, 0.1) is 15.6 Å². The van der Waals surface area contributed by atoms with Gasteiger partial charge in [-0.1, -0.05) is 24.4 Å². The molecule has 5 heteroatoms. The van der Waals surface area contributed by atoms with Crippen molar-refractivity contribution in [3.8, 4) is 0 Å². The van der Waals surface area contributed by atoms with E-state index in [1.165, 1.54) is 38.4 Å². The van der Waals surface area contributed by atoms with E-state index in [4.69, 9.17) is 11.6 Å². The minimum atomic E-state index is -3.20. The standard InChI is InChI=1S/C16H22ClNO2S/c1-21(19,20)14-7-8-15(17)16(10-14)18-13-4-2-3-12(9-13)11-5-6-11/h7-8,10-13,18H,2-6,9H2,1H3. The highest BCUT2D eigenvalue weighted by atomic mass is 35.5. The van der Waals surface area contributed by atoms with E-state index in [0.29, 0.717) is 16.0 Å². The lowest BCUT2D eigenvalue weighted by atomic mass is 9.82. The maximum Gasteiger partial charge on any atom is 0.175 e. The molecule has 1 N–H and O–H groups in total.